The second-order valence-electron chi connectivity index (χ2n) is 10.6. The van der Waals surface area contributed by atoms with E-state index in [1.165, 1.54) is 5.56 Å². The highest BCUT2D eigenvalue weighted by atomic mass is 16.5. The molecule has 3 heterocycles. The van der Waals surface area contributed by atoms with Gasteiger partial charge >= 0.3 is 6.03 Å². The lowest BCUT2D eigenvalue weighted by Gasteiger charge is -2.36. The lowest BCUT2D eigenvalue weighted by molar-refractivity contribution is 0.0969. The van der Waals surface area contributed by atoms with Crippen LogP contribution in [0.1, 0.15) is 19.4 Å². The van der Waals surface area contributed by atoms with Crippen LogP contribution in [0.25, 0.3) is 11.4 Å². The number of morpholine rings is 2. The number of benzene rings is 2. The molecule has 2 atom stereocenters. The lowest BCUT2D eigenvalue weighted by atomic mass is 10.2. The van der Waals surface area contributed by atoms with Gasteiger partial charge < -0.3 is 34.8 Å². The maximum absolute atomic E-state index is 12.6. The molecule has 1 aromatic heterocycles. The van der Waals surface area contributed by atoms with Crippen LogP contribution in [0.2, 0.25) is 0 Å². The molecule has 2 saturated heterocycles. The first-order valence-corrected chi connectivity index (χ1v) is 13.7. The van der Waals surface area contributed by atoms with Crippen molar-refractivity contribution in [3.8, 4) is 11.4 Å². The molecule has 2 fully saturated rings. The van der Waals surface area contributed by atoms with E-state index in [0.717, 1.165) is 30.9 Å². The first-order valence-electron chi connectivity index (χ1n) is 13.7. The molecule has 0 radical (unpaired) electrons. The molecule has 2 aliphatic heterocycles. The van der Waals surface area contributed by atoms with Crippen molar-refractivity contribution in [3.05, 3.63) is 54.1 Å². The van der Waals surface area contributed by atoms with Crippen LogP contribution in [0, 0.1) is 0 Å². The Morgan fingerprint density at radius 3 is 1.80 bits per heavy atom. The maximum Gasteiger partial charge on any atom is 0.323 e. The molecule has 40 heavy (non-hydrogen) atoms. The number of carbonyl (C=O) groups excluding carboxylic acids is 1. The average molecular weight is 547 g/mol. The quantitative estimate of drug-likeness (QED) is 0.459. The minimum Gasteiger partial charge on any atom is -0.377 e. The van der Waals surface area contributed by atoms with E-state index >= 15 is 0 Å². The summed E-state index contributed by atoms with van der Waals surface area (Å²) in [7, 11) is 4.05. The van der Waals surface area contributed by atoms with E-state index in [0.29, 0.717) is 49.8 Å². The molecule has 0 aliphatic carbocycles. The highest BCUT2D eigenvalue weighted by Crippen LogP contribution is 2.26. The fourth-order valence-electron chi connectivity index (χ4n) is 4.84. The van der Waals surface area contributed by atoms with Gasteiger partial charge in [-0.2, -0.15) is 15.0 Å². The number of nitrogens with one attached hydrogen (secondary N) is 2. The summed E-state index contributed by atoms with van der Waals surface area (Å²) in [5, 5.41) is 5.78. The normalized spacial score (nSPS) is 19.5. The van der Waals surface area contributed by atoms with Crippen LogP contribution in [0.3, 0.4) is 0 Å². The van der Waals surface area contributed by atoms with Crippen molar-refractivity contribution >= 4 is 29.3 Å². The lowest BCUT2D eigenvalue weighted by Crippen LogP contribution is -2.46. The van der Waals surface area contributed by atoms with E-state index in [1.807, 2.05) is 62.6 Å². The SMILES string of the molecule is C[C@@H]1COCCN1c1nc(-c2ccc(NC(=O)Nc3ccc(CN(C)C)cc3)cc2)nc(N2CCOC[C@H]2C)n1. The Hall–Kier alpha value is -3.80. The molecule has 5 rings (SSSR count). The van der Waals surface area contributed by atoms with Gasteiger partial charge in [0, 0.05) is 36.6 Å². The van der Waals surface area contributed by atoms with Crippen LogP contribution < -0.4 is 20.4 Å². The first-order chi connectivity index (χ1) is 19.4. The van der Waals surface area contributed by atoms with Crippen LogP contribution in [-0.2, 0) is 16.0 Å². The van der Waals surface area contributed by atoms with E-state index in [4.69, 9.17) is 24.4 Å². The van der Waals surface area contributed by atoms with Crippen LogP contribution >= 0.6 is 0 Å². The molecular weight excluding hydrogens is 508 g/mol. The number of urea groups is 1. The fourth-order valence-corrected chi connectivity index (χ4v) is 4.84. The number of amides is 2. The summed E-state index contributed by atoms with van der Waals surface area (Å²) in [5.41, 5.74) is 3.43. The molecule has 2 amide bonds. The number of ether oxygens (including phenoxy) is 2. The third-order valence-electron chi connectivity index (χ3n) is 6.97. The van der Waals surface area contributed by atoms with Crippen molar-refractivity contribution in [2.24, 2.45) is 0 Å². The molecule has 11 heteroatoms. The molecule has 212 valence electrons. The highest BCUT2D eigenvalue weighted by Gasteiger charge is 2.27. The molecule has 3 aromatic rings. The van der Waals surface area contributed by atoms with E-state index in [-0.39, 0.29) is 18.1 Å². The third kappa shape index (κ3) is 6.85. The summed E-state index contributed by atoms with van der Waals surface area (Å²) in [6.07, 6.45) is 0. The standard InChI is InChI=1S/C29H38N8O3/c1-20-18-39-15-13-36(20)27-32-26(33-28(34-27)37-14-16-40-19-21(37)2)23-7-11-25(12-8-23)31-29(38)30-24-9-5-22(6-10-24)17-35(3)4/h5-12,20-21H,13-19H2,1-4H3,(H2,30,31,38)/t20-,21-/m1/s1. The third-order valence-corrected chi connectivity index (χ3v) is 6.97. The largest absolute Gasteiger partial charge is 0.377 e. The van der Waals surface area contributed by atoms with Crippen molar-refractivity contribution in [1.82, 2.24) is 19.9 Å². The number of hydrogen-bond acceptors (Lipinski definition) is 9. The van der Waals surface area contributed by atoms with Gasteiger partial charge in [0.05, 0.1) is 38.5 Å². The van der Waals surface area contributed by atoms with Crippen molar-refractivity contribution < 1.29 is 14.3 Å². The minimum absolute atomic E-state index is 0.160. The number of aromatic nitrogens is 3. The topological polar surface area (TPSA) is 108 Å². The molecule has 0 saturated carbocycles. The monoisotopic (exact) mass is 546 g/mol. The van der Waals surface area contributed by atoms with Crippen LogP contribution in [-0.4, -0.2) is 91.6 Å². The van der Waals surface area contributed by atoms with Crippen LogP contribution in [0.4, 0.5) is 28.1 Å². The second kappa shape index (κ2) is 12.6. The summed E-state index contributed by atoms with van der Waals surface area (Å²) in [4.78, 5) is 33.6. The van der Waals surface area contributed by atoms with Gasteiger partial charge in [-0.25, -0.2) is 4.79 Å². The van der Waals surface area contributed by atoms with Gasteiger partial charge in [-0.1, -0.05) is 12.1 Å². The van der Waals surface area contributed by atoms with Gasteiger partial charge in [-0.3, -0.25) is 0 Å². The fraction of sp³-hybridized carbons (Fsp3) is 0.448. The number of anilines is 4. The summed E-state index contributed by atoms with van der Waals surface area (Å²) in [6.45, 7) is 9.05. The predicted octanol–water partition coefficient (Wildman–Crippen LogP) is 3.69. The van der Waals surface area contributed by atoms with Gasteiger partial charge in [-0.05, 0) is 69.9 Å². The van der Waals surface area contributed by atoms with Gasteiger partial charge in [-0.15, -0.1) is 0 Å². The van der Waals surface area contributed by atoms with Crippen molar-refractivity contribution in [2.45, 2.75) is 32.5 Å². The van der Waals surface area contributed by atoms with Crippen molar-refractivity contribution in [2.75, 3.05) is 74.0 Å². The highest BCUT2D eigenvalue weighted by molar-refractivity contribution is 5.99. The molecule has 0 spiro atoms. The Balaban J connectivity index is 1.32. The second-order valence-corrected chi connectivity index (χ2v) is 10.6. The van der Waals surface area contributed by atoms with Gasteiger partial charge in [0.15, 0.2) is 5.82 Å². The van der Waals surface area contributed by atoms with E-state index < -0.39 is 0 Å². The zero-order valence-corrected chi connectivity index (χ0v) is 23.6. The van der Waals surface area contributed by atoms with Crippen molar-refractivity contribution in [1.29, 1.82) is 0 Å². The molecule has 2 aliphatic rings. The number of nitrogens with zero attached hydrogens (tertiary/aromatic N) is 6. The van der Waals surface area contributed by atoms with E-state index in [2.05, 4.69) is 39.2 Å². The van der Waals surface area contributed by atoms with Crippen LogP contribution in [0.15, 0.2) is 48.5 Å². The number of carbonyl (C=O) groups is 1. The molecule has 2 aromatic carbocycles. The number of hydrogen-bond donors (Lipinski definition) is 2. The smallest absolute Gasteiger partial charge is 0.323 e. The zero-order valence-electron chi connectivity index (χ0n) is 23.6. The molecular formula is C29H38N8O3. The first kappa shape index (κ1) is 27.8. The van der Waals surface area contributed by atoms with Gasteiger partial charge in [0.1, 0.15) is 0 Å². The number of rotatable bonds is 7. The Morgan fingerprint density at radius 2 is 1.32 bits per heavy atom. The molecule has 0 bridgehead atoms. The van der Waals surface area contributed by atoms with Gasteiger partial charge in [0.2, 0.25) is 11.9 Å². The Morgan fingerprint density at radius 1 is 0.825 bits per heavy atom. The predicted molar refractivity (Wildman–Crippen MR) is 157 cm³/mol. The minimum atomic E-state index is -0.305. The molecule has 0 unspecified atom stereocenters. The van der Waals surface area contributed by atoms with E-state index in [9.17, 15) is 4.79 Å². The molecule has 11 nitrogen and oxygen atoms in total. The average Bonchev–Trinajstić information content (AvgIpc) is 2.94. The van der Waals surface area contributed by atoms with Crippen LogP contribution in [0.5, 0.6) is 0 Å². The Kier molecular flexibility index (Phi) is 8.73. The summed E-state index contributed by atoms with van der Waals surface area (Å²) in [6, 6.07) is 15.4. The Bertz CT molecular complexity index is 1250. The summed E-state index contributed by atoms with van der Waals surface area (Å²) in [5.74, 6) is 1.88. The van der Waals surface area contributed by atoms with Gasteiger partial charge in [0.25, 0.3) is 0 Å². The van der Waals surface area contributed by atoms with E-state index in [1.54, 1.807) is 0 Å². The summed E-state index contributed by atoms with van der Waals surface area (Å²) < 4.78 is 11.3. The Labute approximate surface area is 235 Å². The molecule has 2 N–H and O–H groups in total. The summed E-state index contributed by atoms with van der Waals surface area (Å²) >= 11 is 0. The van der Waals surface area contributed by atoms with Crippen molar-refractivity contribution in [3.63, 3.8) is 0 Å². The maximum atomic E-state index is 12.6. The zero-order chi connectivity index (χ0) is 28.1.